The van der Waals surface area contributed by atoms with Gasteiger partial charge in [-0.15, -0.1) is 0 Å². The molecule has 0 unspecified atom stereocenters. The van der Waals surface area contributed by atoms with Crippen molar-refractivity contribution in [3.05, 3.63) is 29.8 Å². The summed E-state index contributed by atoms with van der Waals surface area (Å²) in [4.78, 5) is 22.6. The highest BCUT2D eigenvalue weighted by molar-refractivity contribution is 7.89. The van der Waals surface area contributed by atoms with Crippen LogP contribution in [0.1, 0.15) is 39.3 Å². The van der Waals surface area contributed by atoms with E-state index in [1.54, 1.807) is 45.0 Å². The number of hydrogen-bond acceptors (Lipinski definition) is 5. The van der Waals surface area contributed by atoms with Crippen molar-refractivity contribution in [3.8, 4) is 0 Å². The summed E-state index contributed by atoms with van der Waals surface area (Å²) in [6.07, 6.45) is 0. The number of nitrogens with one attached hydrogen (secondary N) is 2. The fourth-order valence-electron chi connectivity index (χ4n) is 2.42. The van der Waals surface area contributed by atoms with Crippen LogP contribution in [0, 0.1) is 0 Å². The number of carbonyl (C=O) groups is 2. The first-order valence-electron chi connectivity index (χ1n) is 8.09. The number of sulfonamides is 1. The first-order valence-corrected chi connectivity index (χ1v) is 9.53. The SMILES string of the molecule is CCN(CC)S(=O)(=O)c1ccc([C@@H](C)N[C@@H](C)C(=O)NC(N)=O)cc1. The molecule has 0 bridgehead atoms. The minimum Gasteiger partial charge on any atom is -0.351 e. The molecule has 2 atom stereocenters. The summed E-state index contributed by atoms with van der Waals surface area (Å²) in [7, 11) is -3.50. The zero-order valence-corrected chi connectivity index (χ0v) is 15.8. The summed E-state index contributed by atoms with van der Waals surface area (Å²) in [5.74, 6) is -0.528. The van der Waals surface area contributed by atoms with Crippen molar-refractivity contribution < 1.29 is 18.0 Å². The molecule has 1 aromatic rings. The Labute approximate surface area is 148 Å². The molecule has 0 aromatic heterocycles. The molecule has 0 saturated carbocycles. The van der Waals surface area contributed by atoms with Gasteiger partial charge in [-0.05, 0) is 31.5 Å². The lowest BCUT2D eigenvalue weighted by atomic mass is 10.1. The standard InChI is InChI=1S/C16H26N4O4S/c1-5-20(6-2)25(23,24)14-9-7-13(8-10-14)11(3)18-12(4)15(21)19-16(17)22/h7-12,18H,5-6H2,1-4H3,(H3,17,19,21,22)/t11-,12+/m1/s1. The van der Waals surface area contributed by atoms with Gasteiger partial charge in [0, 0.05) is 19.1 Å². The van der Waals surface area contributed by atoms with Crippen molar-refractivity contribution in [2.45, 2.75) is 44.7 Å². The Morgan fingerprint density at radius 3 is 2.08 bits per heavy atom. The smallest absolute Gasteiger partial charge is 0.318 e. The minimum absolute atomic E-state index is 0.223. The molecular formula is C16H26N4O4S. The molecule has 0 fully saturated rings. The lowest BCUT2D eigenvalue weighted by Gasteiger charge is -2.21. The lowest BCUT2D eigenvalue weighted by molar-refractivity contribution is -0.121. The summed E-state index contributed by atoms with van der Waals surface area (Å²) < 4.78 is 26.3. The van der Waals surface area contributed by atoms with Gasteiger partial charge >= 0.3 is 6.03 Å². The molecule has 1 rings (SSSR count). The Kier molecular flexibility index (Phi) is 7.53. The van der Waals surface area contributed by atoms with Crippen molar-refractivity contribution >= 4 is 22.0 Å². The van der Waals surface area contributed by atoms with Crippen molar-refractivity contribution in [2.75, 3.05) is 13.1 Å². The van der Waals surface area contributed by atoms with Crippen LogP contribution < -0.4 is 16.4 Å². The molecule has 1 aromatic carbocycles. The van der Waals surface area contributed by atoms with Crippen LogP contribution in [0.5, 0.6) is 0 Å². The molecule has 0 saturated heterocycles. The maximum absolute atomic E-state index is 12.5. The zero-order valence-electron chi connectivity index (χ0n) is 14.9. The number of nitrogens with two attached hydrogens (primary N) is 1. The minimum atomic E-state index is -3.50. The summed E-state index contributed by atoms with van der Waals surface area (Å²) >= 11 is 0. The Balaban J connectivity index is 2.85. The van der Waals surface area contributed by atoms with Crippen molar-refractivity contribution in [1.29, 1.82) is 0 Å². The quantitative estimate of drug-likeness (QED) is 0.629. The van der Waals surface area contributed by atoms with Crippen LogP contribution in [0.4, 0.5) is 4.79 Å². The molecule has 3 amide bonds. The summed E-state index contributed by atoms with van der Waals surface area (Å²) in [5, 5.41) is 5.03. The van der Waals surface area contributed by atoms with Crippen molar-refractivity contribution in [2.24, 2.45) is 5.73 Å². The molecule has 8 nitrogen and oxygen atoms in total. The second kappa shape index (κ2) is 8.93. The predicted molar refractivity (Wildman–Crippen MR) is 95.3 cm³/mol. The van der Waals surface area contributed by atoms with E-state index in [9.17, 15) is 18.0 Å². The fourth-order valence-corrected chi connectivity index (χ4v) is 3.88. The second-order valence-electron chi connectivity index (χ2n) is 5.62. The Morgan fingerprint density at radius 2 is 1.64 bits per heavy atom. The van der Waals surface area contributed by atoms with Crippen molar-refractivity contribution in [1.82, 2.24) is 14.9 Å². The van der Waals surface area contributed by atoms with E-state index < -0.39 is 28.0 Å². The third-order valence-corrected chi connectivity index (χ3v) is 5.93. The van der Waals surface area contributed by atoms with Gasteiger partial charge in [0.2, 0.25) is 15.9 Å². The largest absolute Gasteiger partial charge is 0.351 e. The highest BCUT2D eigenvalue weighted by Crippen LogP contribution is 2.19. The molecule has 4 N–H and O–H groups in total. The van der Waals surface area contributed by atoms with Gasteiger partial charge in [0.25, 0.3) is 0 Å². The topological polar surface area (TPSA) is 122 Å². The zero-order chi connectivity index (χ0) is 19.2. The molecule has 25 heavy (non-hydrogen) atoms. The third-order valence-electron chi connectivity index (χ3n) is 3.86. The van der Waals surface area contributed by atoms with E-state index in [-0.39, 0.29) is 10.9 Å². The van der Waals surface area contributed by atoms with Gasteiger partial charge < -0.3 is 5.73 Å². The monoisotopic (exact) mass is 370 g/mol. The molecule has 0 aliphatic carbocycles. The number of hydrogen-bond donors (Lipinski definition) is 3. The molecule has 0 spiro atoms. The number of rotatable bonds is 8. The van der Waals surface area contributed by atoms with E-state index in [2.05, 4.69) is 5.32 Å². The molecule has 9 heteroatoms. The van der Waals surface area contributed by atoms with Gasteiger partial charge in [-0.1, -0.05) is 26.0 Å². The normalized spacial score (nSPS) is 14.1. The van der Waals surface area contributed by atoms with E-state index in [1.807, 2.05) is 12.2 Å². The van der Waals surface area contributed by atoms with E-state index in [4.69, 9.17) is 5.73 Å². The molecular weight excluding hydrogens is 344 g/mol. The fraction of sp³-hybridized carbons (Fsp3) is 0.500. The number of nitrogens with zero attached hydrogens (tertiary/aromatic N) is 1. The highest BCUT2D eigenvalue weighted by atomic mass is 32.2. The Morgan fingerprint density at radius 1 is 1.12 bits per heavy atom. The average Bonchev–Trinajstić information content (AvgIpc) is 2.55. The van der Waals surface area contributed by atoms with E-state index in [1.165, 1.54) is 4.31 Å². The first-order chi connectivity index (χ1) is 11.6. The molecule has 0 aliphatic rings. The maximum atomic E-state index is 12.5. The van der Waals surface area contributed by atoms with Crippen LogP contribution >= 0.6 is 0 Å². The number of urea groups is 1. The van der Waals surface area contributed by atoms with Crippen LogP contribution in [-0.2, 0) is 14.8 Å². The Hall–Kier alpha value is -1.97. The third kappa shape index (κ3) is 5.52. The van der Waals surface area contributed by atoms with E-state index >= 15 is 0 Å². The van der Waals surface area contributed by atoms with Crippen LogP contribution in [0.25, 0.3) is 0 Å². The summed E-state index contributed by atoms with van der Waals surface area (Å²) in [5.41, 5.74) is 5.74. The van der Waals surface area contributed by atoms with Gasteiger partial charge in [-0.3, -0.25) is 15.4 Å². The van der Waals surface area contributed by atoms with Crippen LogP contribution in [0.2, 0.25) is 0 Å². The van der Waals surface area contributed by atoms with Crippen LogP contribution in [-0.4, -0.2) is 43.8 Å². The average molecular weight is 370 g/mol. The lowest BCUT2D eigenvalue weighted by Crippen LogP contribution is -2.47. The predicted octanol–water partition coefficient (Wildman–Crippen LogP) is 0.951. The van der Waals surface area contributed by atoms with E-state index in [0.29, 0.717) is 13.1 Å². The maximum Gasteiger partial charge on any atom is 0.318 e. The number of carbonyl (C=O) groups excluding carboxylic acids is 2. The molecule has 140 valence electrons. The molecule has 0 heterocycles. The Bertz CT molecular complexity index is 699. The molecule has 0 radical (unpaired) electrons. The van der Waals surface area contributed by atoms with Crippen molar-refractivity contribution in [3.63, 3.8) is 0 Å². The number of imide groups is 1. The van der Waals surface area contributed by atoms with Gasteiger partial charge in [0.15, 0.2) is 0 Å². The first kappa shape index (κ1) is 21.1. The molecule has 0 aliphatic heterocycles. The summed E-state index contributed by atoms with van der Waals surface area (Å²) in [6, 6.07) is 4.74. The van der Waals surface area contributed by atoms with Crippen LogP contribution in [0.15, 0.2) is 29.2 Å². The van der Waals surface area contributed by atoms with E-state index in [0.717, 1.165) is 5.56 Å². The van der Waals surface area contributed by atoms with Gasteiger partial charge in [-0.25, -0.2) is 13.2 Å². The van der Waals surface area contributed by atoms with Gasteiger partial charge in [0.05, 0.1) is 10.9 Å². The number of amides is 3. The number of benzene rings is 1. The van der Waals surface area contributed by atoms with Gasteiger partial charge in [-0.2, -0.15) is 4.31 Å². The highest BCUT2D eigenvalue weighted by Gasteiger charge is 2.22. The van der Waals surface area contributed by atoms with Gasteiger partial charge in [0.1, 0.15) is 0 Å². The second-order valence-corrected chi connectivity index (χ2v) is 7.56. The number of primary amides is 1. The summed E-state index contributed by atoms with van der Waals surface area (Å²) in [6.45, 7) is 7.84. The van der Waals surface area contributed by atoms with Crippen LogP contribution in [0.3, 0.4) is 0 Å².